The van der Waals surface area contributed by atoms with Gasteiger partial charge in [-0.3, -0.25) is 9.20 Å². The summed E-state index contributed by atoms with van der Waals surface area (Å²) >= 11 is 9.23. The van der Waals surface area contributed by atoms with E-state index in [0.29, 0.717) is 10.8 Å². The second kappa shape index (κ2) is 6.56. The molecule has 2 heterocycles. The number of anilines is 1. The van der Waals surface area contributed by atoms with Crippen LogP contribution in [-0.4, -0.2) is 21.5 Å². The molecule has 4 nitrogen and oxygen atoms in total. The number of nitrogens with zero attached hydrogens (tertiary/aromatic N) is 2. The van der Waals surface area contributed by atoms with Crippen molar-refractivity contribution in [1.29, 1.82) is 0 Å². The standard InChI is InChI=1S/C15H12ClN3OS2/c1-21-11-4-2-10(3-5-11)17-13(20)7-6-12-14(16)18-15-19(12)8-9-22-15/h2-9H,1H3,(H,17,20)/b7-6+. The van der Waals surface area contributed by atoms with Gasteiger partial charge in [0.25, 0.3) is 0 Å². The van der Waals surface area contributed by atoms with Crippen LogP contribution in [0.25, 0.3) is 11.0 Å². The lowest BCUT2D eigenvalue weighted by Gasteiger charge is -2.02. The van der Waals surface area contributed by atoms with Crippen LogP contribution in [0.2, 0.25) is 5.15 Å². The summed E-state index contributed by atoms with van der Waals surface area (Å²) in [6, 6.07) is 7.68. The number of rotatable bonds is 4. The number of halogens is 1. The van der Waals surface area contributed by atoms with Crippen molar-refractivity contribution < 1.29 is 4.79 Å². The summed E-state index contributed by atoms with van der Waals surface area (Å²) in [6.45, 7) is 0. The molecular weight excluding hydrogens is 338 g/mol. The smallest absolute Gasteiger partial charge is 0.248 e. The number of benzene rings is 1. The van der Waals surface area contributed by atoms with Gasteiger partial charge in [0, 0.05) is 28.2 Å². The lowest BCUT2D eigenvalue weighted by molar-refractivity contribution is -0.111. The van der Waals surface area contributed by atoms with Gasteiger partial charge in [-0.05, 0) is 36.6 Å². The van der Waals surface area contributed by atoms with Crippen LogP contribution in [0.4, 0.5) is 5.69 Å². The molecule has 0 saturated carbocycles. The predicted molar refractivity (Wildman–Crippen MR) is 94.0 cm³/mol. The van der Waals surface area contributed by atoms with Gasteiger partial charge in [-0.25, -0.2) is 4.98 Å². The molecule has 0 aliphatic rings. The van der Waals surface area contributed by atoms with E-state index in [0.717, 1.165) is 15.5 Å². The van der Waals surface area contributed by atoms with Crippen molar-refractivity contribution in [3.05, 3.63) is 52.8 Å². The van der Waals surface area contributed by atoms with Gasteiger partial charge in [0.05, 0.1) is 5.69 Å². The summed E-state index contributed by atoms with van der Waals surface area (Å²) in [4.78, 5) is 18.1. The average molecular weight is 350 g/mol. The van der Waals surface area contributed by atoms with Gasteiger partial charge in [0.1, 0.15) is 0 Å². The summed E-state index contributed by atoms with van der Waals surface area (Å²) in [6.07, 6.45) is 7.00. The van der Waals surface area contributed by atoms with E-state index in [2.05, 4.69) is 10.3 Å². The topological polar surface area (TPSA) is 46.4 Å². The number of hydrogen-bond acceptors (Lipinski definition) is 4. The fraction of sp³-hybridized carbons (Fsp3) is 0.0667. The molecule has 0 unspecified atom stereocenters. The third kappa shape index (κ3) is 3.19. The van der Waals surface area contributed by atoms with Crippen molar-refractivity contribution in [2.24, 2.45) is 0 Å². The van der Waals surface area contributed by atoms with Crippen LogP contribution in [0.1, 0.15) is 5.69 Å². The third-order valence-corrected chi connectivity index (χ3v) is 4.78. The van der Waals surface area contributed by atoms with Crippen molar-refractivity contribution in [2.45, 2.75) is 4.90 Å². The molecule has 7 heteroatoms. The zero-order valence-corrected chi connectivity index (χ0v) is 14.0. The van der Waals surface area contributed by atoms with E-state index in [1.807, 2.05) is 46.5 Å². The Bertz CT molecular complexity index is 836. The first-order valence-corrected chi connectivity index (χ1v) is 8.90. The van der Waals surface area contributed by atoms with Gasteiger partial charge >= 0.3 is 0 Å². The number of nitrogens with one attached hydrogen (secondary N) is 1. The zero-order chi connectivity index (χ0) is 15.5. The van der Waals surface area contributed by atoms with E-state index in [1.54, 1.807) is 17.8 Å². The minimum absolute atomic E-state index is 0.210. The Balaban J connectivity index is 1.73. The average Bonchev–Trinajstić information content (AvgIpc) is 3.07. The number of thioether (sulfide) groups is 1. The molecule has 1 aromatic carbocycles. The molecule has 1 amide bonds. The molecule has 0 bridgehead atoms. The van der Waals surface area contributed by atoms with E-state index in [4.69, 9.17) is 11.6 Å². The highest BCUT2D eigenvalue weighted by Crippen LogP contribution is 2.22. The Morgan fingerprint density at radius 1 is 1.41 bits per heavy atom. The lowest BCUT2D eigenvalue weighted by atomic mass is 10.3. The number of imidazole rings is 1. The molecular formula is C15H12ClN3OS2. The minimum Gasteiger partial charge on any atom is -0.323 e. The molecule has 0 radical (unpaired) electrons. The van der Waals surface area contributed by atoms with Gasteiger partial charge in [-0.15, -0.1) is 23.1 Å². The Morgan fingerprint density at radius 3 is 2.91 bits per heavy atom. The first-order chi connectivity index (χ1) is 10.7. The Hall–Kier alpha value is -1.76. The molecule has 0 saturated heterocycles. The molecule has 3 rings (SSSR count). The third-order valence-electron chi connectivity index (χ3n) is 3.00. The molecule has 0 aliphatic carbocycles. The Kier molecular flexibility index (Phi) is 4.52. The van der Waals surface area contributed by atoms with Gasteiger partial charge in [-0.2, -0.15) is 0 Å². The van der Waals surface area contributed by atoms with Crippen LogP contribution in [-0.2, 0) is 4.79 Å². The fourth-order valence-corrected chi connectivity index (χ4v) is 3.35. The SMILES string of the molecule is CSc1ccc(NC(=O)/C=C/c2c(Cl)nc3sccn23)cc1. The van der Waals surface area contributed by atoms with Crippen molar-refractivity contribution in [3.63, 3.8) is 0 Å². The second-order valence-corrected chi connectivity index (χ2v) is 6.51. The largest absolute Gasteiger partial charge is 0.323 e. The van der Waals surface area contributed by atoms with Gasteiger partial charge in [-0.1, -0.05) is 11.6 Å². The minimum atomic E-state index is -0.210. The normalized spacial score (nSPS) is 11.4. The number of amides is 1. The van der Waals surface area contributed by atoms with E-state index >= 15 is 0 Å². The van der Waals surface area contributed by atoms with Crippen molar-refractivity contribution in [2.75, 3.05) is 11.6 Å². The predicted octanol–water partition coefficient (Wildman–Crippen LogP) is 4.42. The monoisotopic (exact) mass is 349 g/mol. The van der Waals surface area contributed by atoms with Gasteiger partial charge in [0.2, 0.25) is 5.91 Å². The first-order valence-electron chi connectivity index (χ1n) is 6.41. The fourth-order valence-electron chi connectivity index (χ4n) is 1.94. The van der Waals surface area contributed by atoms with E-state index in [1.165, 1.54) is 17.4 Å². The molecule has 0 atom stereocenters. The summed E-state index contributed by atoms with van der Waals surface area (Å²) in [5.41, 5.74) is 1.46. The maximum Gasteiger partial charge on any atom is 0.248 e. The van der Waals surface area contributed by atoms with Gasteiger partial charge < -0.3 is 5.32 Å². The molecule has 1 N–H and O–H groups in total. The maximum atomic E-state index is 12.0. The van der Waals surface area contributed by atoms with Crippen LogP contribution >= 0.6 is 34.7 Å². The molecule has 3 aromatic rings. The van der Waals surface area contributed by atoms with Crippen LogP contribution in [0.5, 0.6) is 0 Å². The second-order valence-electron chi connectivity index (χ2n) is 4.39. The molecule has 2 aromatic heterocycles. The van der Waals surface area contributed by atoms with Crippen LogP contribution in [0.3, 0.4) is 0 Å². The zero-order valence-electron chi connectivity index (χ0n) is 11.6. The summed E-state index contributed by atoms with van der Waals surface area (Å²) < 4.78 is 1.85. The van der Waals surface area contributed by atoms with Crippen LogP contribution in [0, 0.1) is 0 Å². The van der Waals surface area contributed by atoms with Crippen molar-refractivity contribution >= 4 is 57.3 Å². The molecule has 0 aliphatic heterocycles. The van der Waals surface area contributed by atoms with Crippen molar-refractivity contribution in [1.82, 2.24) is 9.38 Å². The quantitative estimate of drug-likeness (QED) is 0.560. The highest BCUT2D eigenvalue weighted by Gasteiger charge is 2.08. The number of thiazole rings is 1. The number of fused-ring (bicyclic) bond motifs is 1. The Labute approximate surface area is 140 Å². The van der Waals surface area contributed by atoms with E-state index in [-0.39, 0.29) is 5.91 Å². The van der Waals surface area contributed by atoms with E-state index in [9.17, 15) is 4.79 Å². The molecule has 0 fully saturated rings. The summed E-state index contributed by atoms with van der Waals surface area (Å²) in [7, 11) is 0. The van der Waals surface area contributed by atoms with Crippen LogP contribution < -0.4 is 5.32 Å². The van der Waals surface area contributed by atoms with E-state index < -0.39 is 0 Å². The highest BCUT2D eigenvalue weighted by molar-refractivity contribution is 7.98. The summed E-state index contributed by atoms with van der Waals surface area (Å²) in [5.74, 6) is -0.210. The summed E-state index contributed by atoms with van der Waals surface area (Å²) in [5, 5.41) is 5.12. The van der Waals surface area contributed by atoms with Crippen molar-refractivity contribution in [3.8, 4) is 0 Å². The first kappa shape index (κ1) is 15.1. The lowest BCUT2D eigenvalue weighted by Crippen LogP contribution is -2.07. The number of carbonyl (C=O) groups excluding carboxylic acids is 1. The highest BCUT2D eigenvalue weighted by atomic mass is 35.5. The molecule has 112 valence electrons. The Morgan fingerprint density at radius 2 is 2.18 bits per heavy atom. The number of aromatic nitrogens is 2. The van der Waals surface area contributed by atoms with Gasteiger partial charge in [0.15, 0.2) is 10.1 Å². The number of carbonyl (C=O) groups is 1. The van der Waals surface area contributed by atoms with Crippen LogP contribution in [0.15, 0.2) is 46.8 Å². The molecule has 0 spiro atoms. The number of hydrogen-bond donors (Lipinski definition) is 1. The molecule has 22 heavy (non-hydrogen) atoms. The maximum absolute atomic E-state index is 12.0.